The monoisotopic (exact) mass is 681 g/mol. The minimum absolute atomic E-state index is 0.319. The third-order valence-corrected chi connectivity index (χ3v) is 9.02. The molecule has 2 atom stereocenters. The molecule has 0 bridgehead atoms. The van der Waals surface area contributed by atoms with Gasteiger partial charge in [-0.25, -0.2) is 0 Å². The molecular formula is C42H67NO4S. The van der Waals surface area contributed by atoms with Crippen molar-refractivity contribution in [2.24, 2.45) is 0 Å². The predicted molar refractivity (Wildman–Crippen MR) is 211 cm³/mol. The van der Waals surface area contributed by atoms with Crippen LogP contribution in [-0.4, -0.2) is 46.7 Å². The van der Waals surface area contributed by atoms with E-state index in [1.807, 2.05) is 6.26 Å². The molecule has 0 saturated carbocycles. The van der Waals surface area contributed by atoms with Gasteiger partial charge in [0.15, 0.2) is 0 Å². The SMILES string of the molecule is CCCCC/C=C\C/C=C(C/C=C\C/C=C\CCC(NC)C(=O)O)/C(=C/C/C=C\C/C=C\C/C=C\CCC(SC)C(=O)O)CCCCC. The number of hydrogen-bond donors (Lipinski definition) is 3. The lowest BCUT2D eigenvalue weighted by Gasteiger charge is -2.11. The first kappa shape index (κ1) is 45.2. The van der Waals surface area contributed by atoms with Crippen LogP contribution in [0.4, 0.5) is 0 Å². The summed E-state index contributed by atoms with van der Waals surface area (Å²) in [6, 6.07) is -0.493. The molecule has 0 fully saturated rings. The molecule has 3 N–H and O–H groups in total. The van der Waals surface area contributed by atoms with Crippen molar-refractivity contribution in [1.82, 2.24) is 5.32 Å². The van der Waals surface area contributed by atoms with E-state index in [1.165, 1.54) is 61.4 Å². The molecule has 6 heteroatoms. The molecule has 0 spiro atoms. The van der Waals surface area contributed by atoms with Crippen molar-refractivity contribution in [2.45, 2.75) is 141 Å². The van der Waals surface area contributed by atoms with Crippen LogP contribution in [0.3, 0.4) is 0 Å². The first-order valence-corrected chi connectivity index (χ1v) is 19.6. The zero-order valence-corrected chi connectivity index (χ0v) is 31.4. The molecule has 0 aliphatic carbocycles. The van der Waals surface area contributed by atoms with Gasteiger partial charge in [-0.05, 0) is 114 Å². The minimum atomic E-state index is -0.798. The van der Waals surface area contributed by atoms with Crippen LogP contribution in [0, 0.1) is 0 Å². The van der Waals surface area contributed by atoms with E-state index in [9.17, 15) is 14.7 Å². The van der Waals surface area contributed by atoms with Gasteiger partial charge in [0.05, 0.1) is 0 Å². The van der Waals surface area contributed by atoms with Crippen molar-refractivity contribution in [1.29, 1.82) is 0 Å². The molecule has 0 aromatic carbocycles. The van der Waals surface area contributed by atoms with Gasteiger partial charge >= 0.3 is 11.9 Å². The summed E-state index contributed by atoms with van der Waals surface area (Å²) in [6.07, 6.45) is 51.1. The van der Waals surface area contributed by atoms with Crippen LogP contribution in [0.1, 0.15) is 129 Å². The average molecular weight is 682 g/mol. The van der Waals surface area contributed by atoms with Crippen LogP contribution >= 0.6 is 11.8 Å². The number of carboxylic acids is 2. The van der Waals surface area contributed by atoms with Crippen molar-refractivity contribution >= 4 is 23.7 Å². The number of hydrogen-bond acceptors (Lipinski definition) is 4. The normalized spacial score (nSPS) is 14.6. The van der Waals surface area contributed by atoms with E-state index in [0.29, 0.717) is 12.8 Å². The summed E-state index contributed by atoms with van der Waals surface area (Å²) in [6.45, 7) is 4.50. The van der Waals surface area contributed by atoms with E-state index in [0.717, 1.165) is 64.2 Å². The summed E-state index contributed by atoms with van der Waals surface area (Å²) in [5.74, 6) is -1.52. The van der Waals surface area contributed by atoms with Crippen LogP contribution in [0.2, 0.25) is 0 Å². The first-order chi connectivity index (χ1) is 23.4. The largest absolute Gasteiger partial charge is 0.480 e. The Hall–Kier alpha value is -2.83. The lowest BCUT2D eigenvalue weighted by molar-refractivity contribution is -0.139. The molecule has 0 radical (unpaired) electrons. The summed E-state index contributed by atoms with van der Waals surface area (Å²) in [7, 11) is 1.69. The quantitative estimate of drug-likeness (QED) is 0.0383. The molecule has 0 heterocycles. The van der Waals surface area contributed by atoms with Crippen LogP contribution in [0.5, 0.6) is 0 Å². The molecular weight excluding hydrogens is 615 g/mol. The van der Waals surface area contributed by atoms with Gasteiger partial charge in [-0.2, -0.15) is 11.8 Å². The highest BCUT2D eigenvalue weighted by atomic mass is 32.2. The van der Waals surface area contributed by atoms with E-state index in [-0.39, 0.29) is 5.25 Å². The molecule has 270 valence electrons. The number of rotatable bonds is 31. The highest BCUT2D eigenvalue weighted by molar-refractivity contribution is 7.99. The number of likely N-dealkylation sites (N-methyl/N-ethyl adjacent to an activating group) is 1. The van der Waals surface area contributed by atoms with Gasteiger partial charge < -0.3 is 15.5 Å². The lowest BCUT2D eigenvalue weighted by Crippen LogP contribution is -2.33. The molecule has 0 aromatic rings. The predicted octanol–water partition coefficient (Wildman–Crippen LogP) is 11.7. The zero-order chi connectivity index (χ0) is 35.5. The molecule has 0 amide bonds. The Morgan fingerprint density at radius 3 is 1.67 bits per heavy atom. The Morgan fingerprint density at radius 2 is 1.10 bits per heavy atom. The van der Waals surface area contributed by atoms with Gasteiger partial charge in [0.1, 0.15) is 11.3 Å². The van der Waals surface area contributed by atoms with Gasteiger partial charge in [0.2, 0.25) is 0 Å². The van der Waals surface area contributed by atoms with Crippen molar-refractivity contribution in [3.63, 3.8) is 0 Å². The number of carboxylic acid groups (broad SMARTS) is 2. The number of thioether (sulfide) groups is 1. The van der Waals surface area contributed by atoms with Crippen molar-refractivity contribution in [2.75, 3.05) is 13.3 Å². The highest BCUT2D eigenvalue weighted by Crippen LogP contribution is 2.23. The Bertz CT molecular complexity index is 1060. The van der Waals surface area contributed by atoms with Crippen molar-refractivity contribution < 1.29 is 19.8 Å². The topological polar surface area (TPSA) is 86.6 Å². The molecule has 0 aromatic heterocycles. The fourth-order valence-electron chi connectivity index (χ4n) is 5.05. The third-order valence-electron chi connectivity index (χ3n) is 8.02. The maximum absolute atomic E-state index is 11.2. The molecule has 0 rings (SSSR count). The summed E-state index contributed by atoms with van der Waals surface area (Å²) in [4.78, 5) is 22.3. The summed E-state index contributed by atoms with van der Waals surface area (Å²) < 4.78 is 0. The van der Waals surface area contributed by atoms with Crippen molar-refractivity contribution in [3.8, 4) is 0 Å². The summed E-state index contributed by atoms with van der Waals surface area (Å²) >= 11 is 1.40. The van der Waals surface area contributed by atoms with E-state index in [2.05, 4.69) is 104 Å². The maximum atomic E-state index is 11.2. The number of unbranched alkanes of at least 4 members (excludes halogenated alkanes) is 5. The van der Waals surface area contributed by atoms with Crippen molar-refractivity contribution in [3.05, 3.63) is 96.2 Å². The second-order valence-corrected chi connectivity index (χ2v) is 13.1. The fourth-order valence-corrected chi connectivity index (χ4v) is 5.62. The smallest absolute Gasteiger partial charge is 0.320 e. The third kappa shape index (κ3) is 27.2. The molecule has 0 aliphatic rings. The van der Waals surface area contributed by atoms with Gasteiger partial charge in [0.25, 0.3) is 0 Å². The Balaban J connectivity index is 5.22. The lowest BCUT2D eigenvalue weighted by atomic mass is 9.94. The van der Waals surface area contributed by atoms with Gasteiger partial charge in [0, 0.05) is 0 Å². The molecule has 48 heavy (non-hydrogen) atoms. The van der Waals surface area contributed by atoms with Gasteiger partial charge in [-0.3, -0.25) is 9.59 Å². The Morgan fingerprint density at radius 1 is 0.604 bits per heavy atom. The van der Waals surface area contributed by atoms with Gasteiger partial charge in [-0.15, -0.1) is 0 Å². The Kier molecular flexibility index (Phi) is 32.0. The summed E-state index contributed by atoms with van der Waals surface area (Å²) in [5.41, 5.74) is 2.89. The molecule has 2 unspecified atom stereocenters. The molecule has 5 nitrogen and oxygen atoms in total. The molecule has 0 saturated heterocycles. The number of aliphatic carboxylic acids is 2. The standard InChI is InChI=1S/C42H67NO4S/c1-5-7-9-10-15-20-26-33-38(34-28-22-18-19-23-29-35-39(43-3)41(44)45)37(31-25-8-6-2)32-27-21-16-13-11-12-14-17-24-30-36-40(48-4)42(46)47/h11-12,15-17,19-24,28,32-33,39-40,43H,5-10,13-14,18,25-27,29-31,34-36H2,1-4H3,(H,44,45)(H,46,47)/b12-11-,20-15-,21-16-,23-19-,24-17-,28-22-,37-32+,38-33+. The van der Waals surface area contributed by atoms with Crippen LogP contribution in [0.25, 0.3) is 0 Å². The Labute approximate surface area is 298 Å². The van der Waals surface area contributed by atoms with E-state index in [1.54, 1.807) is 7.05 Å². The maximum Gasteiger partial charge on any atom is 0.320 e. The zero-order valence-electron chi connectivity index (χ0n) is 30.6. The van der Waals surface area contributed by atoms with E-state index >= 15 is 0 Å². The van der Waals surface area contributed by atoms with Gasteiger partial charge in [-0.1, -0.05) is 125 Å². The fraction of sp³-hybridized carbons (Fsp3) is 0.571. The number of allylic oxidation sites excluding steroid dienone is 16. The van der Waals surface area contributed by atoms with E-state index < -0.39 is 18.0 Å². The number of nitrogens with one attached hydrogen (secondary N) is 1. The summed E-state index contributed by atoms with van der Waals surface area (Å²) in [5, 5.41) is 20.8. The molecule has 0 aliphatic heterocycles. The second kappa shape index (κ2) is 34.0. The first-order valence-electron chi connectivity index (χ1n) is 18.3. The van der Waals surface area contributed by atoms with Crippen LogP contribution < -0.4 is 5.32 Å². The minimum Gasteiger partial charge on any atom is -0.480 e. The number of carbonyl (C=O) groups is 2. The van der Waals surface area contributed by atoms with Crippen LogP contribution in [0.15, 0.2) is 96.2 Å². The second-order valence-electron chi connectivity index (χ2n) is 12.0. The highest BCUT2D eigenvalue weighted by Gasteiger charge is 2.14. The van der Waals surface area contributed by atoms with E-state index in [4.69, 9.17) is 5.11 Å². The average Bonchev–Trinajstić information content (AvgIpc) is 3.07. The van der Waals surface area contributed by atoms with Crippen LogP contribution in [-0.2, 0) is 9.59 Å².